The van der Waals surface area contributed by atoms with E-state index < -0.39 is 5.60 Å². The second kappa shape index (κ2) is 9.15. The standard InChI is InChI=1S/C20H33N3O4/c1-3-15(20(25)11-7-5-8-12-20)19(24)23-13-9-4-6-10-16(23)18-21-17(14-26-2)27-22-18/h15-16,25H,3-14H2,1-2H3. The van der Waals surface area contributed by atoms with Gasteiger partial charge in [-0.2, -0.15) is 4.98 Å². The van der Waals surface area contributed by atoms with Crippen molar-refractivity contribution in [2.45, 2.75) is 89.4 Å². The third-order valence-corrected chi connectivity index (χ3v) is 6.16. The molecule has 2 heterocycles. The summed E-state index contributed by atoms with van der Waals surface area (Å²) in [4.78, 5) is 19.9. The highest BCUT2D eigenvalue weighted by molar-refractivity contribution is 5.80. The Kier molecular flexibility index (Phi) is 6.87. The fraction of sp³-hybridized carbons (Fsp3) is 0.850. The van der Waals surface area contributed by atoms with Gasteiger partial charge in [-0.3, -0.25) is 4.79 Å². The predicted molar refractivity (Wildman–Crippen MR) is 99.7 cm³/mol. The van der Waals surface area contributed by atoms with Crippen LogP contribution in [0.4, 0.5) is 0 Å². The van der Waals surface area contributed by atoms with Crippen LogP contribution in [0, 0.1) is 5.92 Å². The van der Waals surface area contributed by atoms with Crippen LogP contribution in [0.1, 0.15) is 88.9 Å². The summed E-state index contributed by atoms with van der Waals surface area (Å²) in [5.74, 6) is 0.681. The molecule has 1 aromatic rings. The van der Waals surface area contributed by atoms with Gasteiger partial charge in [-0.1, -0.05) is 44.2 Å². The lowest BCUT2D eigenvalue weighted by atomic mass is 9.74. The summed E-state index contributed by atoms with van der Waals surface area (Å²) in [5.41, 5.74) is -0.876. The molecule has 1 N–H and O–H groups in total. The molecule has 27 heavy (non-hydrogen) atoms. The van der Waals surface area contributed by atoms with Crippen LogP contribution in [0.25, 0.3) is 0 Å². The van der Waals surface area contributed by atoms with E-state index in [-0.39, 0.29) is 24.5 Å². The van der Waals surface area contributed by atoms with E-state index in [2.05, 4.69) is 10.1 Å². The number of methoxy groups -OCH3 is 1. The summed E-state index contributed by atoms with van der Waals surface area (Å²) in [6.07, 6.45) is 9.14. The molecule has 2 unspecified atom stereocenters. The molecule has 1 saturated carbocycles. The number of ether oxygens (including phenoxy) is 1. The van der Waals surface area contributed by atoms with Crippen LogP contribution in [0.5, 0.6) is 0 Å². The molecule has 3 rings (SSSR count). The average molecular weight is 380 g/mol. The largest absolute Gasteiger partial charge is 0.389 e. The van der Waals surface area contributed by atoms with Gasteiger partial charge in [0.05, 0.1) is 17.6 Å². The minimum absolute atomic E-state index is 0.0480. The van der Waals surface area contributed by atoms with E-state index in [4.69, 9.17) is 9.26 Å². The summed E-state index contributed by atoms with van der Waals surface area (Å²) in [7, 11) is 1.59. The normalized spacial score (nSPS) is 24.4. The molecule has 1 amide bonds. The molecule has 1 aliphatic carbocycles. The molecule has 2 atom stereocenters. The Bertz CT molecular complexity index is 612. The molecular weight excluding hydrogens is 346 g/mol. The summed E-state index contributed by atoms with van der Waals surface area (Å²) in [5, 5.41) is 15.3. The summed E-state index contributed by atoms with van der Waals surface area (Å²) >= 11 is 0. The lowest BCUT2D eigenvalue weighted by Gasteiger charge is -2.41. The van der Waals surface area contributed by atoms with E-state index in [1.165, 1.54) is 0 Å². The lowest BCUT2D eigenvalue weighted by Crippen LogP contribution is -2.50. The Morgan fingerprint density at radius 2 is 2.04 bits per heavy atom. The number of likely N-dealkylation sites (tertiary alicyclic amines) is 1. The van der Waals surface area contributed by atoms with Gasteiger partial charge in [-0.05, 0) is 32.1 Å². The monoisotopic (exact) mass is 379 g/mol. The molecule has 1 aromatic heterocycles. The number of aromatic nitrogens is 2. The molecule has 1 aliphatic heterocycles. The van der Waals surface area contributed by atoms with Crippen molar-refractivity contribution in [2.75, 3.05) is 13.7 Å². The number of carbonyl (C=O) groups is 1. The van der Waals surface area contributed by atoms with Crippen LogP contribution < -0.4 is 0 Å². The van der Waals surface area contributed by atoms with Gasteiger partial charge in [0.15, 0.2) is 5.82 Å². The quantitative estimate of drug-likeness (QED) is 0.815. The van der Waals surface area contributed by atoms with Crippen LogP contribution in [-0.4, -0.2) is 45.3 Å². The first-order valence-corrected chi connectivity index (χ1v) is 10.4. The van der Waals surface area contributed by atoms with Crippen molar-refractivity contribution in [3.63, 3.8) is 0 Å². The highest BCUT2D eigenvalue weighted by Crippen LogP contribution is 2.39. The first kappa shape index (κ1) is 20.3. The van der Waals surface area contributed by atoms with Gasteiger partial charge in [-0.25, -0.2) is 0 Å². The van der Waals surface area contributed by atoms with E-state index in [1.807, 2.05) is 11.8 Å². The molecule has 0 aromatic carbocycles. The van der Waals surface area contributed by atoms with E-state index >= 15 is 0 Å². The SMILES string of the molecule is CCC(C(=O)N1CCCCCC1c1noc(COC)n1)C1(O)CCCCC1. The topological polar surface area (TPSA) is 88.7 Å². The molecule has 0 spiro atoms. The van der Waals surface area contributed by atoms with Crippen molar-refractivity contribution in [1.29, 1.82) is 0 Å². The Morgan fingerprint density at radius 3 is 2.74 bits per heavy atom. The van der Waals surface area contributed by atoms with Crippen molar-refractivity contribution < 1.29 is 19.2 Å². The van der Waals surface area contributed by atoms with Crippen molar-refractivity contribution in [3.8, 4) is 0 Å². The van der Waals surface area contributed by atoms with Crippen molar-refractivity contribution >= 4 is 5.91 Å². The molecule has 7 nitrogen and oxygen atoms in total. The lowest BCUT2D eigenvalue weighted by molar-refractivity contribution is -0.151. The molecular formula is C20H33N3O4. The van der Waals surface area contributed by atoms with E-state index in [1.54, 1.807) is 7.11 Å². The summed E-state index contributed by atoms with van der Waals surface area (Å²) < 4.78 is 10.3. The van der Waals surface area contributed by atoms with Crippen LogP contribution in [-0.2, 0) is 16.1 Å². The molecule has 0 radical (unpaired) electrons. The van der Waals surface area contributed by atoms with Gasteiger partial charge in [0.1, 0.15) is 6.61 Å². The van der Waals surface area contributed by atoms with Gasteiger partial charge in [0.25, 0.3) is 5.89 Å². The van der Waals surface area contributed by atoms with E-state index in [0.717, 1.165) is 57.8 Å². The Morgan fingerprint density at radius 1 is 1.30 bits per heavy atom. The maximum absolute atomic E-state index is 13.6. The van der Waals surface area contributed by atoms with E-state index in [9.17, 15) is 9.90 Å². The summed E-state index contributed by atoms with van der Waals surface area (Å²) in [6, 6.07) is -0.185. The van der Waals surface area contributed by atoms with E-state index in [0.29, 0.717) is 24.7 Å². The minimum atomic E-state index is -0.876. The highest BCUT2D eigenvalue weighted by atomic mass is 16.5. The fourth-order valence-corrected chi connectivity index (χ4v) is 4.72. The third-order valence-electron chi connectivity index (χ3n) is 6.16. The second-order valence-electron chi connectivity index (χ2n) is 8.00. The van der Waals surface area contributed by atoms with Gasteiger partial charge in [-0.15, -0.1) is 0 Å². The van der Waals surface area contributed by atoms with Crippen molar-refractivity contribution in [1.82, 2.24) is 15.0 Å². The van der Waals surface area contributed by atoms with Gasteiger partial charge < -0.3 is 19.3 Å². The predicted octanol–water partition coefficient (Wildman–Crippen LogP) is 3.38. The Balaban J connectivity index is 1.83. The number of amides is 1. The molecule has 0 bridgehead atoms. The first-order valence-electron chi connectivity index (χ1n) is 10.4. The number of carbonyl (C=O) groups excluding carboxylic acids is 1. The average Bonchev–Trinajstić information content (AvgIpc) is 2.98. The molecule has 1 saturated heterocycles. The van der Waals surface area contributed by atoms with Crippen LogP contribution in [0.2, 0.25) is 0 Å². The highest BCUT2D eigenvalue weighted by Gasteiger charge is 2.44. The third kappa shape index (κ3) is 4.51. The second-order valence-corrected chi connectivity index (χ2v) is 8.00. The van der Waals surface area contributed by atoms with Gasteiger partial charge >= 0.3 is 0 Å². The van der Waals surface area contributed by atoms with Gasteiger partial charge in [0.2, 0.25) is 5.91 Å². The van der Waals surface area contributed by atoms with Gasteiger partial charge in [0, 0.05) is 13.7 Å². The molecule has 7 heteroatoms. The zero-order valence-corrected chi connectivity index (χ0v) is 16.7. The fourth-order valence-electron chi connectivity index (χ4n) is 4.72. The number of rotatable bonds is 6. The van der Waals surface area contributed by atoms with Crippen molar-refractivity contribution in [3.05, 3.63) is 11.7 Å². The summed E-state index contributed by atoms with van der Waals surface area (Å²) in [6.45, 7) is 2.96. The Hall–Kier alpha value is -1.47. The number of aliphatic hydroxyl groups is 1. The number of nitrogens with zero attached hydrogens (tertiary/aromatic N) is 3. The van der Waals surface area contributed by atoms with Crippen LogP contribution >= 0.6 is 0 Å². The Labute approximate surface area is 161 Å². The molecule has 152 valence electrons. The molecule has 2 fully saturated rings. The zero-order chi connectivity index (χ0) is 19.3. The maximum Gasteiger partial charge on any atom is 0.252 e. The first-order chi connectivity index (χ1) is 13.1. The maximum atomic E-state index is 13.6. The number of hydrogen-bond acceptors (Lipinski definition) is 6. The molecule has 2 aliphatic rings. The van der Waals surface area contributed by atoms with Crippen LogP contribution in [0.3, 0.4) is 0 Å². The zero-order valence-electron chi connectivity index (χ0n) is 16.7. The van der Waals surface area contributed by atoms with Crippen LogP contribution in [0.15, 0.2) is 4.52 Å². The smallest absolute Gasteiger partial charge is 0.252 e. The minimum Gasteiger partial charge on any atom is -0.389 e. The van der Waals surface area contributed by atoms with Crippen molar-refractivity contribution in [2.24, 2.45) is 5.92 Å². The number of hydrogen-bond donors (Lipinski definition) is 1.